The monoisotopic (exact) mass is 790 g/mol. The fraction of sp³-hybridized carbons (Fsp3) is 0. The van der Waals surface area contributed by atoms with Gasteiger partial charge in [-0.3, -0.25) is 0 Å². The Morgan fingerprint density at radius 2 is 0.710 bits per heavy atom. The molecule has 0 spiro atoms. The molecule has 0 saturated carbocycles. The highest BCUT2D eigenvalue weighted by Crippen LogP contribution is 2.43. The molecule has 11 aromatic rings. The van der Waals surface area contributed by atoms with Crippen LogP contribution in [0.1, 0.15) is 16.7 Å². The SMILES string of the molecule is N#Cc1ccc(-n2c3ccccc3c3cc(C#N)ccc32)c(-c2cc(-c3nc(-c4ccccc4)nc(-c4ccccc4)n3)ccc2-n2c3ccccc3c3cc(C#N)ccc32)c1. The van der Waals surface area contributed by atoms with E-state index in [1.807, 2.05) is 146 Å². The first-order valence-electron chi connectivity index (χ1n) is 20.0. The quantitative estimate of drug-likeness (QED) is 0.165. The summed E-state index contributed by atoms with van der Waals surface area (Å²) in [5.74, 6) is 1.58. The van der Waals surface area contributed by atoms with Crippen molar-refractivity contribution in [1.29, 1.82) is 15.8 Å². The molecule has 0 radical (unpaired) electrons. The van der Waals surface area contributed by atoms with Gasteiger partial charge in [-0.05, 0) is 84.9 Å². The van der Waals surface area contributed by atoms with Crippen molar-refractivity contribution < 1.29 is 0 Å². The lowest BCUT2D eigenvalue weighted by molar-refractivity contribution is 1.07. The van der Waals surface area contributed by atoms with E-state index in [-0.39, 0.29) is 0 Å². The van der Waals surface area contributed by atoms with Gasteiger partial charge in [0.1, 0.15) is 0 Å². The van der Waals surface area contributed by atoms with Gasteiger partial charge in [-0.25, -0.2) is 15.0 Å². The standard InChI is InChI=1S/C54H30N8/c55-31-34-19-23-48-42(27-34)40-15-7-9-17-46(40)61(48)50-25-21-36(33-57)29-44(50)45-30-39(54-59-52(37-11-3-1-4-12-37)58-53(60-54)38-13-5-2-6-14-38)22-26-51(45)62-47-18-10-8-16-41(47)43-28-35(32-56)20-24-49(43)62/h1-30H. The van der Waals surface area contributed by atoms with Gasteiger partial charge in [0.05, 0.1) is 68.3 Å². The van der Waals surface area contributed by atoms with E-state index in [1.54, 1.807) is 0 Å². The van der Waals surface area contributed by atoms with Crippen molar-refractivity contribution in [2.24, 2.45) is 0 Å². The topological polar surface area (TPSA) is 120 Å². The van der Waals surface area contributed by atoms with Crippen molar-refractivity contribution in [3.63, 3.8) is 0 Å². The molecule has 0 aliphatic rings. The van der Waals surface area contributed by atoms with Gasteiger partial charge in [-0.2, -0.15) is 15.8 Å². The summed E-state index contributed by atoms with van der Waals surface area (Å²) in [6, 6.07) is 66.8. The minimum atomic E-state index is 0.491. The zero-order valence-electron chi connectivity index (χ0n) is 32.9. The highest BCUT2D eigenvalue weighted by atomic mass is 15.0. The van der Waals surface area contributed by atoms with E-state index in [9.17, 15) is 15.8 Å². The largest absolute Gasteiger partial charge is 0.309 e. The Kier molecular flexibility index (Phi) is 8.46. The average molecular weight is 791 g/mol. The van der Waals surface area contributed by atoms with Gasteiger partial charge in [-0.1, -0.05) is 97.1 Å². The van der Waals surface area contributed by atoms with Crippen LogP contribution in [0, 0.1) is 34.0 Å². The molecule has 3 aromatic heterocycles. The van der Waals surface area contributed by atoms with Crippen LogP contribution in [-0.2, 0) is 0 Å². The van der Waals surface area contributed by atoms with E-state index in [0.717, 1.165) is 82.8 Å². The zero-order chi connectivity index (χ0) is 41.7. The van der Waals surface area contributed by atoms with Crippen LogP contribution in [0.4, 0.5) is 0 Å². The molecule has 8 heteroatoms. The van der Waals surface area contributed by atoms with Crippen LogP contribution < -0.4 is 0 Å². The Labute approximate surface area is 355 Å². The van der Waals surface area contributed by atoms with E-state index >= 15 is 0 Å². The normalized spacial score (nSPS) is 11.2. The number of hydrogen-bond acceptors (Lipinski definition) is 6. The number of hydrogen-bond donors (Lipinski definition) is 0. The Hall–Kier alpha value is -9.16. The Balaban J connectivity index is 1.25. The Morgan fingerprint density at radius 3 is 1.21 bits per heavy atom. The third-order valence-electron chi connectivity index (χ3n) is 11.5. The number of fused-ring (bicyclic) bond motifs is 6. The van der Waals surface area contributed by atoms with Gasteiger partial charge in [-0.15, -0.1) is 0 Å². The smallest absolute Gasteiger partial charge is 0.164 e. The van der Waals surface area contributed by atoms with Crippen molar-refractivity contribution >= 4 is 43.6 Å². The molecule has 3 heterocycles. The third kappa shape index (κ3) is 5.86. The number of nitrogens with zero attached hydrogens (tertiary/aromatic N) is 8. The molecule has 0 N–H and O–H groups in total. The second kappa shape index (κ2) is 14.6. The summed E-state index contributed by atoms with van der Waals surface area (Å²) < 4.78 is 4.45. The van der Waals surface area contributed by atoms with Gasteiger partial charge in [0.2, 0.25) is 0 Å². The van der Waals surface area contributed by atoms with Gasteiger partial charge < -0.3 is 9.13 Å². The lowest BCUT2D eigenvalue weighted by atomic mass is 9.96. The minimum absolute atomic E-state index is 0.491. The van der Waals surface area contributed by atoms with Crippen molar-refractivity contribution in [2.75, 3.05) is 0 Å². The predicted molar refractivity (Wildman–Crippen MR) is 244 cm³/mol. The first-order valence-corrected chi connectivity index (χ1v) is 20.0. The van der Waals surface area contributed by atoms with Crippen molar-refractivity contribution in [1.82, 2.24) is 24.1 Å². The van der Waals surface area contributed by atoms with Crippen LogP contribution in [0.25, 0.3) is 100 Å². The predicted octanol–water partition coefficient (Wildman–Crippen LogP) is 12.3. The maximum absolute atomic E-state index is 10.5. The molecule has 0 unspecified atom stereocenters. The minimum Gasteiger partial charge on any atom is -0.309 e. The highest BCUT2D eigenvalue weighted by Gasteiger charge is 2.23. The second-order valence-electron chi connectivity index (χ2n) is 15.0. The molecule has 286 valence electrons. The lowest BCUT2D eigenvalue weighted by Crippen LogP contribution is -2.04. The third-order valence-corrected chi connectivity index (χ3v) is 11.5. The van der Waals surface area contributed by atoms with Gasteiger partial charge >= 0.3 is 0 Å². The second-order valence-corrected chi connectivity index (χ2v) is 15.0. The highest BCUT2D eigenvalue weighted by molar-refractivity contribution is 6.12. The van der Waals surface area contributed by atoms with E-state index in [0.29, 0.717) is 34.2 Å². The first-order chi connectivity index (χ1) is 30.6. The maximum atomic E-state index is 10.5. The number of rotatable bonds is 6. The zero-order valence-corrected chi connectivity index (χ0v) is 32.9. The molecule has 0 bridgehead atoms. The van der Waals surface area contributed by atoms with Crippen LogP contribution in [0.3, 0.4) is 0 Å². The summed E-state index contributed by atoms with van der Waals surface area (Å²) in [4.78, 5) is 15.2. The first kappa shape index (κ1) is 36.0. The van der Waals surface area contributed by atoms with Gasteiger partial charge in [0.25, 0.3) is 0 Å². The summed E-state index contributed by atoms with van der Waals surface area (Å²) in [5.41, 5.74) is 11.2. The fourth-order valence-corrected chi connectivity index (χ4v) is 8.64. The molecule has 0 aliphatic heterocycles. The van der Waals surface area contributed by atoms with E-state index in [2.05, 4.69) is 63.7 Å². The fourth-order valence-electron chi connectivity index (χ4n) is 8.64. The number of benzene rings is 8. The van der Waals surface area contributed by atoms with Crippen LogP contribution in [0.2, 0.25) is 0 Å². The maximum Gasteiger partial charge on any atom is 0.164 e. The Bertz CT molecular complexity index is 3670. The van der Waals surface area contributed by atoms with Gasteiger partial charge in [0, 0.05) is 49.4 Å². The molecule has 11 rings (SSSR count). The average Bonchev–Trinajstić information content (AvgIpc) is 3.85. The van der Waals surface area contributed by atoms with Crippen LogP contribution >= 0.6 is 0 Å². The summed E-state index contributed by atoms with van der Waals surface area (Å²) >= 11 is 0. The van der Waals surface area contributed by atoms with E-state index in [1.165, 1.54) is 0 Å². The number of aromatic nitrogens is 5. The summed E-state index contributed by atoms with van der Waals surface area (Å²) in [5, 5.41) is 34.2. The molecular weight excluding hydrogens is 761 g/mol. The number of para-hydroxylation sites is 2. The van der Waals surface area contributed by atoms with Crippen LogP contribution in [0.15, 0.2) is 182 Å². The van der Waals surface area contributed by atoms with Crippen LogP contribution in [-0.4, -0.2) is 24.1 Å². The molecule has 0 saturated heterocycles. The van der Waals surface area contributed by atoms with E-state index < -0.39 is 0 Å². The molecule has 0 amide bonds. The summed E-state index contributed by atoms with van der Waals surface area (Å²) in [6.07, 6.45) is 0. The van der Waals surface area contributed by atoms with Crippen LogP contribution in [0.5, 0.6) is 0 Å². The molecular formula is C54H30N8. The molecule has 8 nitrogen and oxygen atoms in total. The lowest BCUT2D eigenvalue weighted by Gasteiger charge is -2.20. The molecule has 62 heavy (non-hydrogen) atoms. The van der Waals surface area contributed by atoms with Crippen molar-refractivity contribution in [3.05, 3.63) is 199 Å². The molecule has 0 aliphatic carbocycles. The van der Waals surface area contributed by atoms with E-state index in [4.69, 9.17) is 15.0 Å². The summed E-state index contributed by atoms with van der Waals surface area (Å²) in [6.45, 7) is 0. The summed E-state index contributed by atoms with van der Waals surface area (Å²) in [7, 11) is 0. The van der Waals surface area contributed by atoms with Crippen molar-refractivity contribution in [3.8, 4) is 74.9 Å². The van der Waals surface area contributed by atoms with Crippen molar-refractivity contribution in [2.45, 2.75) is 0 Å². The molecule has 0 fully saturated rings. The molecule has 8 aromatic carbocycles. The number of nitriles is 3. The van der Waals surface area contributed by atoms with Gasteiger partial charge in [0.15, 0.2) is 17.5 Å². The Morgan fingerprint density at radius 1 is 0.323 bits per heavy atom. The molecule has 0 atom stereocenters.